The third-order valence-electron chi connectivity index (χ3n) is 6.75. The maximum absolute atomic E-state index is 14.4. The van der Waals surface area contributed by atoms with Gasteiger partial charge in [-0.05, 0) is 56.1 Å². The molecule has 5 rings (SSSR count). The maximum atomic E-state index is 14.4. The molecule has 2 aromatic carbocycles. The van der Waals surface area contributed by atoms with Crippen molar-refractivity contribution in [3.63, 3.8) is 0 Å². The number of benzene rings is 2. The van der Waals surface area contributed by atoms with Crippen LogP contribution < -0.4 is 9.46 Å². The van der Waals surface area contributed by atoms with E-state index in [0.29, 0.717) is 12.1 Å². The lowest BCUT2D eigenvalue weighted by molar-refractivity contribution is -0.139. The summed E-state index contributed by atoms with van der Waals surface area (Å²) in [6, 6.07) is 13.0. The van der Waals surface area contributed by atoms with Crippen LogP contribution in [-0.2, 0) is 16.2 Å². The summed E-state index contributed by atoms with van der Waals surface area (Å²) in [7, 11) is -2.23. The van der Waals surface area contributed by atoms with Gasteiger partial charge >= 0.3 is 6.18 Å². The fourth-order valence-corrected chi connectivity index (χ4v) is 5.98. The second-order valence-electron chi connectivity index (χ2n) is 9.30. The zero-order valence-electron chi connectivity index (χ0n) is 19.7. The molecule has 0 radical (unpaired) electrons. The van der Waals surface area contributed by atoms with E-state index in [0.717, 1.165) is 18.5 Å². The number of aromatic nitrogens is 2. The molecule has 1 saturated heterocycles. The Kier molecular flexibility index (Phi) is 6.16. The van der Waals surface area contributed by atoms with E-state index >= 15 is 0 Å². The molecule has 0 spiro atoms. The summed E-state index contributed by atoms with van der Waals surface area (Å²) in [5.74, 6) is -1.43. The van der Waals surface area contributed by atoms with E-state index in [1.165, 1.54) is 12.1 Å². The number of ether oxygens (including phenoxy) is 1. The van der Waals surface area contributed by atoms with Gasteiger partial charge in [-0.3, -0.25) is 0 Å². The average Bonchev–Trinajstić information content (AvgIpc) is 2.81. The van der Waals surface area contributed by atoms with E-state index < -0.39 is 39.3 Å². The molecule has 2 unspecified atom stereocenters. The second kappa shape index (κ2) is 9.04. The Morgan fingerprint density at radius 3 is 2.64 bits per heavy atom. The molecule has 1 aromatic heterocycles. The van der Waals surface area contributed by atoms with Crippen LogP contribution in [0, 0.1) is 12.8 Å². The normalized spacial score (nSPS) is 21.8. The Labute approximate surface area is 207 Å². The molecular formula is C25H25F3N4O3S. The lowest BCUT2D eigenvalue weighted by atomic mass is 9.81. The van der Waals surface area contributed by atoms with Crippen molar-refractivity contribution in [2.45, 2.75) is 30.3 Å². The van der Waals surface area contributed by atoms with Crippen LogP contribution >= 0.6 is 0 Å². The van der Waals surface area contributed by atoms with Crippen LogP contribution in [0.25, 0.3) is 11.3 Å². The number of nitrogens with zero attached hydrogens (tertiary/aromatic N) is 3. The Balaban J connectivity index is 1.74. The molecule has 7 nitrogen and oxygen atoms in total. The number of piperidine rings is 1. The minimum absolute atomic E-state index is 0.00154. The number of hydrogen-bond acceptors (Lipinski definition) is 6. The Morgan fingerprint density at radius 1 is 1.11 bits per heavy atom. The predicted molar refractivity (Wildman–Crippen MR) is 128 cm³/mol. The molecule has 4 bridgehead atoms. The first-order chi connectivity index (χ1) is 17.0. The number of hydrogen-bond donors (Lipinski definition) is 1. The van der Waals surface area contributed by atoms with Gasteiger partial charge in [0, 0.05) is 18.0 Å². The Bertz CT molecular complexity index is 1410. The highest BCUT2D eigenvalue weighted by Crippen LogP contribution is 2.43. The van der Waals surface area contributed by atoms with Gasteiger partial charge in [0.2, 0.25) is 11.8 Å². The zero-order valence-corrected chi connectivity index (χ0v) is 20.5. The van der Waals surface area contributed by atoms with Crippen LogP contribution in [0.4, 0.5) is 19.1 Å². The number of sulfonamides is 1. The van der Waals surface area contributed by atoms with Gasteiger partial charge in [-0.1, -0.05) is 36.4 Å². The zero-order chi connectivity index (χ0) is 25.7. The number of anilines is 1. The van der Waals surface area contributed by atoms with E-state index in [4.69, 9.17) is 4.74 Å². The summed E-state index contributed by atoms with van der Waals surface area (Å²) in [5.41, 5.74) is -0.00466. The van der Waals surface area contributed by atoms with Gasteiger partial charge in [0.1, 0.15) is 5.56 Å². The number of fused-ring (bicyclic) bond motifs is 6. The smallest absolute Gasteiger partial charge is 0.423 e. The first kappa shape index (κ1) is 24.5. The van der Waals surface area contributed by atoms with Crippen molar-refractivity contribution >= 4 is 16.0 Å². The van der Waals surface area contributed by atoms with Crippen LogP contribution in [0.5, 0.6) is 5.88 Å². The molecule has 36 heavy (non-hydrogen) atoms. The highest BCUT2D eigenvalue weighted by atomic mass is 32.2. The number of rotatable bonds is 1. The third-order valence-corrected chi connectivity index (χ3v) is 8.08. The Morgan fingerprint density at radius 2 is 1.89 bits per heavy atom. The molecule has 2 aliphatic rings. The Hall–Kier alpha value is -3.18. The van der Waals surface area contributed by atoms with Crippen LogP contribution in [0.2, 0.25) is 0 Å². The average molecular weight is 519 g/mol. The lowest BCUT2D eigenvalue weighted by Gasteiger charge is -2.37. The highest BCUT2D eigenvalue weighted by molar-refractivity contribution is 7.92. The molecule has 11 heteroatoms. The van der Waals surface area contributed by atoms with Crippen molar-refractivity contribution in [2.24, 2.45) is 5.92 Å². The van der Waals surface area contributed by atoms with Crippen molar-refractivity contribution in [2.75, 3.05) is 31.5 Å². The van der Waals surface area contributed by atoms with Gasteiger partial charge < -0.3 is 9.64 Å². The van der Waals surface area contributed by atoms with Crippen molar-refractivity contribution in [3.8, 4) is 17.1 Å². The van der Waals surface area contributed by atoms with Crippen LogP contribution in [-0.4, -0.2) is 50.0 Å². The molecular weight excluding hydrogens is 493 g/mol. The summed E-state index contributed by atoms with van der Waals surface area (Å²) >= 11 is 0. The van der Waals surface area contributed by atoms with E-state index in [9.17, 15) is 21.6 Å². The molecule has 2 atom stereocenters. The van der Waals surface area contributed by atoms with Gasteiger partial charge in [-0.25, -0.2) is 18.1 Å². The maximum Gasteiger partial charge on any atom is 0.423 e. The van der Waals surface area contributed by atoms with Crippen LogP contribution in [0.15, 0.2) is 53.4 Å². The number of nitrogens with one attached hydrogen (secondary N) is 1. The lowest BCUT2D eigenvalue weighted by Crippen LogP contribution is -2.40. The topological polar surface area (TPSA) is 84.4 Å². The van der Waals surface area contributed by atoms with Crippen LogP contribution in [0.3, 0.4) is 0 Å². The number of likely N-dealkylation sites (tertiary alicyclic amines) is 1. The molecule has 1 fully saturated rings. The van der Waals surface area contributed by atoms with Crippen molar-refractivity contribution in [1.82, 2.24) is 14.9 Å². The van der Waals surface area contributed by atoms with Crippen molar-refractivity contribution < 1.29 is 26.3 Å². The number of aryl methyl sites for hydroxylation is 1. The summed E-state index contributed by atoms with van der Waals surface area (Å²) in [6.45, 7) is 3.01. The van der Waals surface area contributed by atoms with Gasteiger partial charge in [-0.2, -0.15) is 18.2 Å². The van der Waals surface area contributed by atoms with E-state index in [-0.39, 0.29) is 28.9 Å². The first-order valence-electron chi connectivity index (χ1n) is 11.5. The number of halogens is 3. The molecule has 0 saturated carbocycles. The SMILES string of the molecule is Cc1ccccc1-c1nc2nc(c1C(F)(F)F)OCC1CN(C)CCC1c1cccc(c1)S(=O)(=O)N2. The van der Waals surface area contributed by atoms with E-state index in [2.05, 4.69) is 19.6 Å². The molecule has 3 heterocycles. The van der Waals surface area contributed by atoms with Gasteiger partial charge in [0.05, 0.1) is 17.2 Å². The first-order valence-corrected chi connectivity index (χ1v) is 13.0. The quantitative estimate of drug-likeness (QED) is 0.503. The summed E-state index contributed by atoms with van der Waals surface area (Å²) in [5, 5.41) is 0. The van der Waals surface area contributed by atoms with E-state index in [1.54, 1.807) is 37.3 Å². The summed E-state index contributed by atoms with van der Waals surface area (Å²) < 4.78 is 77.8. The molecule has 2 aliphatic heterocycles. The highest BCUT2D eigenvalue weighted by Gasteiger charge is 2.41. The molecule has 190 valence electrons. The summed E-state index contributed by atoms with van der Waals surface area (Å²) in [6.07, 6.45) is -4.12. The number of alkyl halides is 3. The monoisotopic (exact) mass is 518 g/mol. The van der Waals surface area contributed by atoms with Crippen LogP contribution in [0.1, 0.15) is 29.0 Å². The largest absolute Gasteiger partial charge is 0.477 e. The van der Waals surface area contributed by atoms with Gasteiger partial charge in [0.25, 0.3) is 10.0 Å². The predicted octanol–water partition coefficient (Wildman–Crippen LogP) is 4.70. The summed E-state index contributed by atoms with van der Waals surface area (Å²) in [4.78, 5) is 10.1. The fourth-order valence-electron chi connectivity index (χ4n) is 4.98. The molecule has 1 N–H and O–H groups in total. The van der Waals surface area contributed by atoms with Gasteiger partial charge in [-0.15, -0.1) is 0 Å². The second-order valence-corrected chi connectivity index (χ2v) is 11.0. The molecule has 0 aliphatic carbocycles. The minimum Gasteiger partial charge on any atom is -0.477 e. The standard InChI is InChI=1S/C25H25F3N4O3S/c1-15-6-3-4-9-19(15)22-21(25(26,27)28)23-30-24(29-22)31-36(33,34)18-8-5-7-16(12-18)20-10-11-32(2)13-17(20)14-35-23/h3-9,12,17,20H,10-11,13-14H2,1-2H3,(H,29,30,31). The minimum atomic E-state index is -4.84. The fraction of sp³-hybridized carbons (Fsp3) is 0.360. The van der Waals surface area contributed by atoms with Crippen molar-refractivity contribution in [1.29, 1.82) is 0 Å². The van der Waals surface area contributed by atoms with Crippen molar-refractivity contribution in [3.05, 3.63) is 65.2 Å². The molecule has 0 amide bonds. The van der Waals surface area contributed by atoms with Gasteiger partial charge in [0.15, 0.2) is 0 Å². The third kappa shape index (κ3) is 4.64. The molecule has 3 aromatic rings. The van der Waals surface area contributed by atoms with E-state index in [1.807, 2.05) is 13.1 Å².